The number of nitrogens with zero attached hydrogens (tertiary/aromatic N) is 3. The van der Waals surface area contributed by atoms with E-state index in [-0.39, 0.29) is 15.0 Å². The van der Waals surface area contributed by atoms with E-state index in [1.165, 1.54) is 6.08 Å². The van der Waals surface area contributed by atoms with Crippen molar-refractivity contribution in [2.75, 3.05) is 11.6 Å². The zero-order valence-electron chi connectivity index (χ0n) is 17.9. The van der Waals surface area contributed by atoms with E-state index in [1.807, 2.05) is 30.3 Å². The minimum atomic E-state index is -3.53. The molecule has 0 atom stereocenters. The van der Waals surface area contributed by atoms with Gasteiger partial charge in [0.15, 0.2) is 0 Å². The molecular formula is C24H18N4O4S2. The van der Waals surface area contributed by atoms with Crippen LogP contribution in [-0.2, 0) is 21.2 Å². The van der Waals surface area contributed by atoms with Gasteiger partial charge in [0, 0.05) is 6.26 Å². The molecule has 0 saturated heterocycles. The molecule has 1 amide bonds. The van der Waals surface area contributed by atoms with Crippen molar-refractivity contribution in [3.8, 4) is 11.8 Å². The fourth-order valence-electron chi connectivity index (χ4n) is 3.13. The maximum Gasteiger partial charge on any atom is 0.268 e. The second-order valence-electron chi connectivity index (χ2n) is 7.27. The third-order valence-corrected chi connectivity index (χ3v) is 7.28. The minimum absolute atomic E-state index is 0.0104. The Morgan fingerprint density at radius 2 is 1.82 bits per heavy atom. The van der Waals surface area contributed by atoms with Gasteiger partial charge in [-0.05, 0) is 40.1 Å². The summed E-state index contributed by atoms with van der Waals surface area (Å²) in [6.07, 6.45) is 2.41. The zero-order valence-corrected chi connectivity index (χ0v) is 19.6. The molecule has 4 aromatic rings. The molecule has 0 unspecified atom stereocenters. The molecule has 1 N–H and O–H groups in total. The number of nitrogens with one attached hydrogen (secondary N) is 1. The minimum Gasteiger partial charge on any atom is -0.489 e. The summed E-state index contributed by atoms with van der Waals surface area (Å²) in [6.45, 7) is 0.402. The molecule has 10 heteroatoms. The lowest BCUT2D eigenvalue weighted by Crippen LogP contribution is -2.13. The maximum atomic E-state index is 12.4. The van der Waals surface area contributed by atoms with Crippen LogP contribution in [0.3, 0.4) is 0 Å². The van der Waals surface area contributed by atoms with E-state index < -0.39 is 15.7 Å². The number of rotatable bonds is 7. The predicted molar refractivity (Wildman–Crippen MR) is 130 cm³/mol. The SMILES string of the molecule is CS(=O)(=O)c1nnc(NC(=O)/C(C#N)=C\c2ccc(OCc3cccc4ccccc34)cc2)s1. The van der Waals surface area contributed by atoms with E-state index >= 15 is 0 Å². The number of carbonyl (C=O) groups is 1. The first-order valence-electron chi connectivity index (χ1n) is 10.00. The highest BCUT2D eigenvalue weighted by Gasteiger charge is 2.17. The van der Waals surface area contributed by atoms with Crippen LogP contribution in [0.4, 0.5) is 5.13 Å². The molecule has 0 aliphatic heterocycles. The molecule has 0 saturated carbocycles. The second kappa shape index (κ2) is 9.82. The van der Waals surface area contributed by atoms with Crippen LogP contribution in [0.5, 0.6) is 5.75 Å². The smallest absolute Gasteiger partial charge is 0.268 e. The van der Waals surface area contributed by atoms with Crippen molar-refractivity contribution in [1.82, 2.24) is 10.2 Å². The standard InChI is InChI=1S/C24H18N4O4S2/c1-34(30,31)24-28-27-23(33-24)26-22(29)19(14-25)13-16-9-11-20(12-10-16)32-15-18-7-4-6-17-5-2-3-8-21(17)18/h2-13H,15H2,1H3,(H,26,27,29)/b19-13-. The van der Waals surface area contributed by atoms with Gasteiger partial charge in [-0.1, -0.05) is 65.9 Å². The monoisotopic (exact) mass is 490 g/mol. The highest BCUT2D eigenvalue weighted by molar-refractivity contribution is 7.92. The topological polar surface area (TPSA) is 122 Å². The lowest BCUT2D eigenvalue weighted by atomic mass is 10.1. The number of anilines is 1. The fraction of sp³-hybridized carbons (Fsp3) is 0.0833. The summed E-state index contributed by atoms with van der Waals surface area (Å²) in [5.74, 6) is -0.0646. The molecule has 1 heterocycles. The number of sulfone groups is 1. The Hall–Kier alpha value is -4.07. The lowest BCUT2D eigenvalue weighted by Gasteiger charge is -2.09. The van der Waals surface area contributed by atoms with Gasteiger partial charge in [-0.2, -0.15) is 5.26 Å². The molecule has 0 aliphatic carbocycles. The van der Waals surface area contributed by atoms with E-state index in [9.17, 15) is 18.5 Å². The third kappa shape index (κ3) is 5.46. The third-order valence-electron chi connectivity index (χ3n) is 4.77. The number of aromatic nitrogens is 2. The number of fused-ring (bicyclic) bond motifs is 1. The summed E-state index contributed by atoms with van der Waals surface area (Å²) in [4.78, 5) is 12.4. The molecule has 4 rings (SSSR count). The van der Waals surface area contributed by atoms with Crippen molar-refractivity contribution in [3.05, 3.63) is 83.4 Å². The lowest BCUT2D eigenvalue weighted by molar-refractivity contribution is -0.112. The van der Waals surface area contributed by atoms with E-state index in [0.717, 1.165) is 22.6 Å². The van der Waals surface area contributed by atoms with Gasteiger partial charge in [-0.25, -0.2) is 8.42 Å². The first kappa shape index (κ1) is 23.1. The van der Waals surface area contributed by atoms with Gasteiger partial charge in [-0.3, -0.25) is 10.1 Å². The number of ether oxygens (including phenoxy) is 1. The summed E-state index contributed by atoms with van der Waals surface area (Å²) in [6, 6.07) is 23.0. The molecule has 170 valence electrons. The van der Waals surface area contributed by atoms with Crippen molar-refractivity contribution >= 4 is 49.1 Å². The number of benzene rings is 3. The van der Waals surface area contributed by atoms with Crippen molar-refractivity contribution < 1.29 is 17.9 Å². The van der Waals surface area contributed by atoms with Gasteiger partial charge in [0.05, 0.1) is 0 Å². The van der Waals surface area contributed by atoms with Gasteiger partial charge < -0.3 is 4.74 Å². The Balaban J connectivity index is 1.43. The molecule has 3 aromatic carbocycles. The maximum absolute atomic E-state index is 12.4. The highest BCUT2D eigenvalue weighted by Crippen LogP contribution is 2.23. The normalized spacial score (nSPS) is 11.7. The number of hydrogen-bond donors (Lipinski definition) is 1. The van der Waals surface area contributed by atoms with Gasteiger partial charge in [0.25, 0.3) is 5.91 Å². The number of hydrogen-bond acceptors (Lipinski definition) is 8. The molecule has 8 nitrogen and oxygen atoms in total. The van der Waals surface area contributed by atoms with Crippen LogP contribution >= 0.6 is 11.3 Å². The summed E-state index contributed by atoms with van der Waals surface area (Å²) < 4.78 is 28.7. The molecular weight excluding hydrogens is 472 g/mol. The Labute approximate surface area is 200 Å². The van der Waals surface area contributed by atoms with Gasteiger partial charge >= 0.3 is 0 Å². The van der Waals surface area contributed by atoms with Crippen LogP contribution in [0.25, 0.3) is 16.8 Å². The number of carbonyl (C=O) groups excluding carboxylic acids is 1. The van der Waals surface area contributed by atoms with Gasteiger partial charge in [0.1, 0.15) is 24.0 Å². The van der Waals surface area contributed by atoms with Gasteiger partial charge in [-0.15, -0.1) is 10.2 Å². The molecule has 0 fully saturated rings. The van der Waals surface area contributed by atoms with E-state index in [2.05, 4.69) is 33.7 Å². The summed E-state index contributed by atoms with van der Waals surface area (Å²) >= 11 is 0.713. The molecule has 0 aliphatic rings. The van der Waals surface area contributed by atoms with Crippen LogP contribution in [0.2, 0.25) is 0 Å². The Morgan fingerprint density at radius 3 is 2.53 bits per heavy atom. The average Bonchev–Trinajstić information content (AvgIpc) is 3.31. The molecule has 0 radical (unpaired) electrons. The van der Waals surface area contributed by atoms with Crippen LogP contribution < -0.4 is 10.1 Å². The first-order valence-corrected chi connectivity index (χ1v) is 12.7. The number of amides is 1. The van der Waals surface area contributed by atoms with E-state index in [4.69, 9.17) is 4.74 Å². The van der Waals surface area contributed by atoms with Crippen molar-refractivity contribution in [1.29, 1.82) is 5.26 Å². The Kier molecular flexibility index (Phi) is 6.67. The Bertz CT molecular complexity index is 1530. The first-order chi connectivity index (χ1) is 16.3. The van der Waals surface area contributed by atoms with Crippen molar-refractivity contribution in [2.24, 2.45) is 0 Å². The van der Waals surface area contributed by atoms with Crippen molar-refractivity contribution in [3.63, 3.8) is 0 Å². The number of nitriles is 1. The molecule has 0 spiro atoms. The van der Waals surface area contributed by atoms with Crippen molar-refractivity contribution in [2.45, 2.75) is 10.9 Å². The van der Waals surface area contributed by atoms with E-state index in [0.29, 0.717) is 29.3 Å². The van der Waals surface area contributed by atoms with Gasteiger partial charge in [0.2, 0.25) is 19.3 Å². The zero-order chi connectivity index (χ0) is 24.1. The highest BCUT2D eigenvalue weighted by atomic mass is 32.2. The quantitative estimate of drug-likeness (QED) is 0.234. The fourth-order valence-corrected chi connectivity index (χ4v) is 4.63. The second-order valence-corrected chi connectivity index (χ2v) is 10.4. The van der Waals surface area contributed by atoms with Crippen LogP contribution in [0.15, 0.2) is 76.6 Å². The predicted octanol–water partition coefficient (Wildman–Crippen LogP) is 4.22. The summed E-state index contributed by atoms with van der Waals surface area (Å²) in [5.41, 5.74) is 1.53. The average molecular weight is 491 g/mol. The Morgan fingerprint density at radius 1 is 1.09 bits per heavy atom. The van der Waals surface area contributed by atoms with E-state index in [1.54, 1.807) is 24.3 Å². The molecule has 34 heavy (non-hydrogen) atoms. The molecule has 0 bridgehead atoms. The summed E-state index contributed by atoms with van der Waals surface area (Å²) in [5, 5.41) is 21.2. The van der Waals surface area contributed by atoms with Crippen LogP contribution in [0, 0.1) is 11.3 Å². The largest absolute Gasteiger partial charge is 0.489 e. The van der Waals surface area contributed by atoms with Crippen LogP contribution in [0.1, 0.15) is 11.1 Å². The summed E-state index contributed by atoms with van der Waals surface area (Å²) in [7, 11) is -3.53. The molecule has 1 aromatic heterocycles. The van der Waals surface area contributed by atoms with Crippen LogP contribution in [-0.4, -0.2) is 30.8 Å².